The predicted molar refractivity (Wildman–Crippen MR) is 88.4 cm³/mol. The zero-order valence-electron chi connectivity index (χ0n) is 10.7. The van der Waals surface area contributed by atoms with Gasteiger partial charge in [-0.1, -0.05) is 23.2 Å². The highest BCUT2D eigenvalue weighted by Gasteiger charge is 2.19. The average Bonchev–Trinajstić information content (AvgIpc) is 2.37. The minimum absolute atomic E-state index is 0.0157. The number of rotatable bonds is 3. The lowest BCUT2D eigenvalue weighted by Crippen LogP contribution is -2.14. The van der Waals surface area contributed by atoms with Gasteiger partial charge in [0.25, 0.3) is 10.0 Å². The Morgan fingerprint density at radius 3 is 2.52 bits per heavy atom. The van der Waals surface area contributed by atoms with Crippen molar-refractivity contribution in [1.82, 2.24) is 4.98 Å². The van der Waals surface area contributed by atoms with E-state index in [1.54, 1.807) is 6.92 Å². The molecule has 2 aromatic rings. The quantitative estimate of drug-likeness (QED) is 0.594. The summed E-state index contributed by atoms with van der Waals surface area (Å²) >= 11 is 14.9. The Morgan fingerprint density at radius 1 is 1.29 bits per heavy atom. The smallest absolute Gasteiger partial charge is 0.262 e. The van der Waals surface area contributed by atoms with Crippen LogP contribution in [0, 0.1) is 6.92 Å². The van der Waals surface area contributed by atoms with Crippen molar-refractivity contribution >= 4 is 60.5 Å². The second-order valence-corrected chi connectivity index (χ2v) is 7.50. The minimum Gasteiger partial charge on any atom is -0.398 e. The third-order valence-corrected chi connectivity index (χ3v) is 5.16. The molecule has 0 fully saturated rings. The van der Waals surface area contributed by atoms with E-state index >= 15 is 0 Å². The lowest BCUT2D eigenvalue weighted by Gasteiger charge is -2.12. The van der Waals surface area contributed by atoms with E-state index in [2.05, 4.69) is 25.6 Å². The Labute approximate surface area is 140 Å². The van der Waals surface area contributed by atoms with Gasteiger partial charge in [0.05, 0.1) is 10.6 Å². The van der Waals surface area contributed by atoms with E-state index in [-0.39, 0.29) is 20.9 Å². The number of nitrogen functional groups attached to an aromatic ring is 1. The van der Waals surface area contributed by atoms with Gasteiger partial charge in [0.2, 0.25) is 0 Å². The third-order valence-electron chi connectivity index (χ3n) is 2.66. The molecule has 0 spiro atoms. The van der Waals surface area contributed by atoms with Crippen LogP contribution in [0.1, 0.15) is 5.56 Å². The van der Waals surface area contributed by atoms with Gasteiger partial charge in [-0.2, -0.15) is 0 Å². The molecule has 0 radical (unpaired) electrons. The maximum atomic E-state index is 12.4. The highest BCUT2D eigenvalue weighted by Crippen LogP contribution is 2.30. The fourth-order valence-electron chi connectivity index (χ4n) is 1.59. The number of aromatic nitrogens is 1. The van der Waals surface area contributed by atoms with E-state index in [0.29, 0.717) is 15.7 Å². The number of pyridine rings is 1. The summed E-state index contributed by atoms with van der Waals surface area (Å²) in [6.45, 7) is 1.68. The Morgan fingerprint density at radius 2 is 1.95 bits per heavy atom. The van der Waals surface area contributed by atoms with Crippen LogP contribution in [0.2, 0.25) is 10.3 Å². The number of hydrogen-bond donors (Lipinski definition) is 2. The number of nitrogens with two attached hydrogens (primary N) is 1. The van der Waals surface area contributed by atoms with E-state index in [9.17, 15) is 8.42 Å². The van der Waals surface area contributed by atoms with Crippen LogP contribution >= 0.6 is 39.1 Å². The number of nitrogens with zero attached hydrogens (tertiary/aromatic N) is 1. The van der Waals surface area contributed by atoms with E-state index in [0.717, 1.165) is 0 Å². The topological polar surface area (TPSA) is 85.1 Å². The van der Waals surface area contributed by atoms with Crippen molar-refractivity contribution in [2.24, 2.45) is 0 Å². The van der Waals surface area contributed by atoms with Crippen LogP contribution in [0.25, 0.3) is 0 Å². The van der Waals surface area contributed by atoms with Crippen molar-refractivity contribution in [2.75, 3.05) is 10.5 Å². The molecule has 21 heavy (non-hydrogen) atoms. The Kier molecular flexibility index (Phi) is 4.67. The Hall–Kier alpha value is -1.02. The van der Waals surface area contributed by atoms with Crippen LogP contribution in [0.5, 0.6) is 0 Å². The molecule has 3 N–H and O–H groups in total. The molecule has 0 saturated carbocycles. The number of nitrogens with one attached hydrogen (secondary N) is 1. The molecule has 5 nitrogen and oxygen atoms in total. The summed E-state index contributed by atoms with van der Waals surface area (Å²) in [5.41, 5.74) is 6.84. The zero-order valence-corrected chi connectivity index (χ0v) is 14.6. The molecule has 1 heterocycles. The standard InChI is InChI=1S/C12H10BrCl2N3O2S/c1-6-4-10(14)17-12(15)11(6)18-21(19,20)7-2-3-9(16)8(13)5-7/h2-5,18H,16H2,1H3. The van der Waals surface area contributed by atoms with Crippen molar-refractivity contribution in [1.29, 1.82) is 0 Å². The molecular formula is C12H10BrCl2N3O2S. The molecule has 0 aliphatic carbocycles. The van der Waals surface area contributed by atoms with Gasteiger partial charge in [0, 0.05) is 10.2 Å². The normalized spacial score (nSPS) is 11.4. The summed E-state index contributed by atoms with van der Waals surface area (Å²) in [6, 6.07) is 5.82. The van der Waals surface area contributed by atoms with Gasteiger partial charge in [-0.05, 0) is 52.7 Å². The Balaban J connectivity index is 2.44. The molecule has 0 aliphatic heterocycles. The molecule has 0 atom stereocenters. The molecule has 0 saturated heterocycles. The number of aryl methyl sites for hydroxylation is 1. The molecule has 0 bridgehead atoms. The zero-order chi connectivity index (χ0) is 15.8. The molecule has 112 valence electrons. The van der Waals surface area contributed by atoms with Crippen molar-refractivity contribution < 1.29 is 8.42 Å². The SMILES string of the molecule is Cc1cc(Cl)nc(Cl)c1NS(=O)(=O)c1ccc(N)c(Br)c1. The van der Waals surface area contributed by atoms with E-state index in [4.69, 9.17) is 28.9 Å². The average molecular weight is 411 g/mol. The lowest BCUT2D eigenvalue weighted by molar-refractivity contribution is 0.601. The van der Waals surface area contributed by atoms with Crippen molar-refractivity contribution in [3.63, 3.8) is 0 Å². The monoisotopic (exact) mass is 409 g/mol. The molecule has 0 unspecified atom stereocenters. The molecule has 1 aromatic heterocycles. The number of anilines is 2. The van der Waals surface area contributed by atoms with E-state index in [1.807, 2.05) is 0 Å². The first kappa shape index (κ1) is 16.4. The van der Waals surface area contributed by atoms with Crippen molar-refractivity contribution in [2.45, 2.75) is 11.8 Å². The maximum absolute atomic E-state index is 12.4. The first-order valence-electron chi connectivity index (χ1n) is 5.61. The van der Waals surface area contributed by atoms with Crippen LogP contribution in [0.15, 0.2) is 33.6 Å². The number of benzene rings is 1. The van der Waals surface area contributed by atoms with E-state index < -0.39 is 10.0 Å². The summed E-state index contributed by atoms with van der Waals surface area (Å²) in [5.74, 6) is 0. The fourth-order valence-corrected chi connectivity index (χ4v) is 3.92. The van der Waals surface area contributed by atoms with Crippen LogP contribution in [-0.4, -0.2) is 13.4 Å². The second-order valence-electron chi connectivity index (χ2n) is 4.22. The summed E-state index contributed by atoms with van der Waals surface area (Å²) in [6.07, 6.45) is 0. The van der Waals surface area contributed by atoms with Gasteiger partial charge >= 0.3 is 0 Å². The van der Waals surface area contributed by atoms with Gasteiger partial charge in [-0.25, -0.2) is 13.4 Å². The third kappa shape index (κ3) is 3.60. The number of sulfonamides is 1. The minimum atomic E-state index is -3.81. The van der Waals surface area contributed by atoms with Crippen LogP contribution in [0.4, 0.5) is 11.4 Å². The predicted octanol–water partition coefficient (Wildman–Crippen LogP) is 3.84. The largest absolute Gasteiger partial charge is 0.398 e. The van der Waals surface area contributed by atoms with Crippen LogP contribution < -0.4 is 10.5 Å². The van der Waals surface area contributed by atoms with E-state index in [1.165, 1.54) is 24.3 Å². The molecular weight excluding hydrogens is 401 g/mol. The van der Waals surface area contributed by atoms with Gasteiger partial charge in [-0.3, -0.25) is 4.72 Å². The highest BCUT2D eigenvalue weighted by atomic mass is 79.9. The van der Waals surface area contributed by atoms with Gasteiger partial charge in [-0.15, -0.1) is 0 Å². The number of hydrogen-bond acceptors (Lipinski definition) is 4. The molecule has 0 aliphatic rings. The summed E-state index contributed by atoms with van der Waals surface area (Å²) in [4.78, 5) is 3.87. The lowest BCUT2D eigenvalue weighted by atomic mass is 10.3. The van der Waals surface area contributed by atoms with Crippen LogP contribution in [0.3, 0.4) is 0 Å². The van der Waals surface area contributed by atoms with Gasteiger partial charge in [0.15, 0.2) is 5.15 Å². The van der Waals surface area contributed by atoms with Crippen LogP contribution in [-0.2, 0) is 10.0 Å². The van der Waals surface area contributed by atoms with Crippen molar-refractivity contribution in [3.8, 4) is 0 Å². The number of halogens is 3. The molecule has 2 rings (SSSR count). The fraction of sp³-hybridized carbons (Fsp3) is 0.0833. The second kappa shape index (κ2) is 6.00. The first-order valence-corrected chi connectivity index (χ1v) is 8.64. The summed E-state index contributed by atoms with van der Waals surface area (Å²) in [7, 11) is -3.81. The van der Waals surface area contributed by atoms with Crippen molar-refractivity contribution in [3.05, 3.63) is 44.6 Å². The molecule has 9 heteroatoms. The maximum Gasteiger partial charge on any atom is 0.262 e. The summed E-state index contributed by atoms with van der Waals surface area (Å²) in [5, 5.41) is 0.175. The van der Waals surface area contributed by atoms with Gasteiger partial charge < -0.3 is 5.73 Å². The molecule has 0 amide bonds. The van der Waals surface area contributed by atoms with Gasteiger partial charge in [0.1, 0.15) is 5.15 Å². The Bertz CT molecular complexity index is 789. The highest BCUT2D eigenvalue weighted by molar-refractivity contribution is 9.10. The molecule has 1 aromatic carbocycles. The summed E-state index contributed by atoms with van der Waals surface area (Å²) < 4.78 is 27.6. The first-order chi connectivity index (χ1) is 9.70.